The predicted octanol–water partition coefficient (Wildman–Crippen LogP) is 3.82. The molecule has 1 N–H and O–H groups in total. The molecule has 0 saturated heterocycles. The molecule has 4 aliphatic rings. The van der Waals surface area contributed by atoms with Crippen molar-refractivity contribution in [2.24, 2.45) is 29.6 Å². The van der Waals surface area contributed by atoms with E-state index in [1.54, 1.807) is 12.3 Å². The minimum atomic E-state index is -0.765. The van der Waals surface area contributed by atoms with E-state index in [9.17, 15) is 9.90 Å². The fourth-order valence-corrected chi connectivity index (χ4v) is 5.26. The SMILES string of the molecule is O=C(O)/C(=C/c1ccco1)C1C2CC3CC(C2)CC1C3. The third-order valence-corrected chi connectivity index (χ3v) is 5.67. The summed E-state index contributed by atoms with van der Waals surface area (Å²) >= 11 is 0. The minimum absolute atomic E-state index is 0.241. The van der Waals surface area contributed by atoms with Gasteiger partial charge in [0.25, 0.3) is 0 Å². The molecule has 106 valence electrons. The van der Waals surface area contributed by atoms with E-state index < -0.39 is 5.97 Å². The first-order valence-corrected chi connectivity index (χ1v) is 7.69. The molecule has 20 heavy (non-hydrogen) atoms. The lowest BCUT2D eigenvalue weighted by molar-refractivity contribution is -0.135. The second-order valence-corrected chi connectivity index (χ2v) is 6.88. The third-order valence-electron chi connectivity index (χ3n) is 5.67. The second-order valence-electron chi connectivity index (χ2n) is 6.88. The Morgan fingerprint density at radius 1 is 1.15 bits per heavy atom. The zero-order chi connectivity index (χ0) is 13.7. The number of carboxylic acid groups (broad SMARTS) is 1. The first-order valence-electron chi connectivity index (χ1n) is 7.69. The molecule has 5 rings (SSSR count). The van der Waals surface area contributed by atoms with Crippen LogP contribution in [0.5, 0.6) is 0 Å². The summed E-state index contributed by atoms with van der Waals surface area (Å²) in [4.78, 5) is 11.7. The highest BCUT2D eigenvalue weighted by atomic mass is 16.4. The van der Waals surface area contributed by atoms with Crippen LogP contribution in [0.2, 0.25) is 0 Å². The summed E-state index contributed by atoms with van der Waals surface area (Å²) in [5.74, 6) is 3.05. The zero-order valence-corrected chi connectivity index (χ0v) is 11.5. The summed E-state index contributed by atoms with van der Waals surface area (Å²) in [7, 11) is 0. The number of hydrogen-bond acceptors (Lipinski definition) is 2. The largest absolute Gasteiger partial charge is 0.478 e. The molecule has 4 bridgehead atoms. The molecule has 0 spiro atoms. The maximum absolute atomic E-state index is 11.7. The van der Waals surface area contributed by atoms with Gasteiger partial charge in [-0.15, -0.1) is 0 Å². The van der Waals surface area contributed by atoms with Crippen LogP contribution in [0.4, 0.5) is 0 Å². The molecule has 3 heteroatoms. The highest BCUT2D eigenvalue weighted by molar-refractivity contribution is 5.92. The molecule has 4 aliphatic carbocycles. The maximum atomic E-state index is 11.7. The van der Waals surface area contributed by atoms with Crippen LogP contribution in [0.1, 0.15) is 37.9 Å². The average molecular weight is 272 g/mol. The van der Waals surface area contributed by atoms with E-state index in [2.05, 4.69) is 0 Å². The maximum Gasteiger partial charge on any atom is 0.332 e. The van der Waals surface area contributed by atoms with E-state index in [-0.39, 0.29) is 5.92 Å². The molecule has 4 saturated carbocycles. The number of furan rings is 1. The van der Waals surface area contributed by atoms with Gasteiger partial charge in [-0.1, -0.05) is 0 Å². The summed E-state index contributed by atoms with van der Waals surface area (Å²) in [5.41, 5.74) is 0.578. The third kappa shape index (κ3) is 1.91. The first kappa shape index (κ1) is 12.2. The fraction of sp³-hybridized carbons (Fsp3) is 0.588. The molecule has 0 unspecified atom stereocenters. The Hall–Kier alpha value is -1.51. The van der Waals surface area contributed by atoms with Crippen molar-refractivity contribution < 1.29 is 14.3 Å². The number of carboxylic acids is 1. The fourth-order valence-electron chi connectivity index (χ4n) is 5.26. The molecule has 0 aromatic carbocycles. The Morgan fingerprint density at radius 2 is 1.80 bits per heavy atom. The van der Waals surface area contributed by atoms with E-state index in [0.29, 0.717) is 23.2 Å². The molecular formula is C17H20O3. The van der Waals surface area contributed by atoms with Gasteiger partial charge < -0.3 is 9.52 Å². The van der Waals surface area contributed by atoms with Gasteiger partial charge in [0.1, 0.15) is 5.76 Å². The number of hydrogen-bond donors (Lipinski definition) is 1. The lowest BCUT2D eigenvalue weighted by Crippen LogP contribution is -2.46. The summed E-state index contributed by atoms with van der Waals surface area (Å²) in [6.07, 6.45) is 9.70. The van der Waals surface area contributed by atoms with Crippen molar-refractivity contribution >= 4 is 12.0 Å². The van der Waals surface area contributed by atoms with Gasteiger partial charge in [-0.25, -0.2) is 4.79 Å². The van der Waals surface area contributed by atoms with Crippen LogP contribution in [-0.4, -0.2) is 11.1 Å². The van der Waals surface area contributed by atoms with Gasteiger partial charge in [0, 0.05) is 5.57 Å². The van der Waals surface area contributed by atoms with Crippen molar-refractivity contribution in [3.8, 4) is 0 Å². The number of aliphatic carboxylic acids is 1. The number of rotatable bonds is 3. The first-order chi connectivity index (χ1) is 9.70. The van der Waals surface area contributed by atoms with Gasteiger partial charge in [0.2, 0.25) is 0 Å². The Balaban J connectivity index is 1.69. The Bertz CT molecular complexity index is 513. The van der Waals surface area contributed by atoms with Crippen LogP contribution in [0.15, 0.2) is 28.4 Å². The van der Waals surface area contributed by atoms with Crippen LogP contribution in [-0.2, 0) is 4.79 Å². The van der Waals surface area contributed by atoms with Crippen LogP contribution in [0.3, 0.4) is 0 Å². The summed E-state index contributed by atoms with van der Waals surface area (Å²) in [5, 5.41) is 9.65. The molecule has 4 fully saturated rings. The van der Waals surface area contributed by atoms with Gasteiger partial charge in [-0.3, -0.25) is 0 Å². The van der Waals surface area contributed by atoms with Crippen LogP contribution in [0, 0.1) is 29.6 Å². The second kappa shape index (κ2) is 4.51. The summed E-state index contributed by atoms with van der Waals surface area (Å²) in [6.45, 7) is 0. The van der Waals surface area contributed by atoms with Crippen molar-refractivity contribution in [3.63, 3.8) is 0 Å². The van der Waals surface area contributed by atoms with E-state index in [4.69, 9.17) is 4.42 Å². The smallest absolute Gasteiger partial charge is 0.332 e. The van der Waals surface area contributed by atoms with Crippen LogP contribution < -0.4 is 0 Å². The van der Waals surface area contributed by atoms with E-state index >= 15 is 0 Å². The predicted molar refractivity (Wildman–Crippen MR) is 74.9 cm³/mol. The Labute approximate surface area is 118 Å². The quantitative estimate of drug-likeness (QED) is 0.851. The van der Waals surface area contributed by atoms with Gasteiger partial charge in [0.05, 0.1) is 6.26 Å². The normalized spacial score (nSPS) is 39.2. The molecule has 0 aliphatic heterocycles. The molecule has 0 amide bonds. The minimum Gasteiger partial charge on any atom is -0.478 e. The lowest BCUT2D eigenvalue weighted by Gasteiger charge is -2.54. The van der Waals surface area contributed by atoms with Crippen molar-refractivity contribution in [3.05, 3.63) is 29.7 Å². The highest BCUT2D eigenvalue weighted by Gasteiger charge is 2.50. The van der Waals surface area contributed by atoms with Gasteiger partial charge in [-0.05, 0) is 79.9 Å². The molecule has 1 aromatic rings. The summed E-state index contributed by atoms with van der Waals surface area (Å²) in [6, 6.07) is 3.64. The Morgan fingerprint density at radius 3 is 2.30 bits per heavy atom. The molecule has 1 aromatic heterocycles. The van der Waals surface area contributed by atoms with Crippen LogP contribution >= 0.6 is 0 Å². The Kier molecular flexibility index (Phi) is 2.76. The van der Waals surface area contributed by atoms with Gasteiger partial charge in [0.15, 0.2) is 0 Å². The molecule has 0 radical (unpaired) electrons. The van der Waals surface area contributed by atoms with Gasteiger partial charge in [-0.2, -0.15) is 0 Å². The molecule has 3 nitrogen and oxygen atoms in total. The van der Waals surface area contributed by atoms with Crippen molar-refractivity contribution in [1.29, 1.82) is 0 Å². The van der Waals surface area contributed by atoms with E-state index in [1.807, 2.05) is 12.1 Å². The van der Waals surface area contributed by atoms with Gasteiger partial charge >= 0.3 is 5.97 Å². The summed E-state index contributed by atoms with van der Waals surface area (Å²) < 4.78 is 5.32. The standard InChI is InChI=1S/C17H20O3/c18-17(19)15(9-14-2-1-3-20-14)16-12-5-10-4-11(7-12)8-13(16)6-10/h1-3,9-13,16H,4-8H2,(H,18,19)/b15-9+. The zero-order valence-electron chi connectivity index (χ0n) is 11.5. The number of carbonyl (C=O) groups is 1. The lowest BCUT2D eigenvalue weighted by atomic mass is 9.50. The van der Waals surface area contributed by atoms with Crippen molar-refractivity contribution in [2.45, 2.75) is 32.1 Å². The monoisotopic (exact) mass is 272 g/mol. The topological polar surface area (TPSA) is 50.4 Å². The van der Waals surface area contributed by atoms with E-state index in [1.165, 1.54) is 32.1 Å². The molecule has 0 atom stereocenters. The van der Waals surface area contributed by atoms with Crippen molar-refractivity contribution in [1.82, 2.24) is 0 Å². The average Bonchev–Trinajstić information content (AvgIpc) is 2.88. The molecule has 1 heterocycles. The van der Waals surface area contributed by atoms with Crippen molar-refractivity contribution in [2.75, 3.05) is 0 Å². The van der Waals surface area contributed by atoms with Crippen LogP contribution in [0.25, 0.3) is 6.08 Å². The van der Waals surface area contributed by atoms with E-state index in [0.717, 1.165) is 11.8 Å². The highest BCUT2D eigenvalue weighted by Crippen LogP contribution is 2.58. The molecular weight excluding hydrogens is 252 g/mol.